The molecular formula is C10H10FNO. The van der Waals surface area contributed by atoms with Gasteiger partial charge in [0.2, 0.25) is 5.91 Å². The van der Waals surface area contributed by atoms with Crippen molar-refractivity contribution in [3.63, 3.8) is 0 Å². The molecule has 0 aromatic heterocycles. The summed E-state index contributed by atoms with van der Waals surface area (Å²) in [6.45, 7) is 0. The van der Waals surface area contributed by atoms with Gasteiger partial charge in [-0.1, -0.05) is 12.1 Å². The van der Waals surface area contributed by atoms with E-state index in [0.717, 1.165) is 12.0 Å². The minimum absolute atomic E-state index is 0.0366. The van der Waals surface area contributed by atoms with Gasteiger partial charge in [-0.05, 0) is 30.0 Å². The zero-order chi connectivity index (χ0) is 9.42. The molecule has 2 N–H and O–H groups in total. The van der Waals surface area contributed by atoms with Gasteiger partial charge in [0, 0.05) is 5.92 Å². The SMILES string of the molecule is NC(=O)C1CC1c1ccc(F)cc1. The quantitative estimate of drug-likeness (QED) is 0.732. The zero-order valence-corrected chi connectivity index (χ0v) is 7.03. The van der Waals surface area contributed by atoms with Crippen LogP contribution in [0, 0.1) is 11.7 Å². The van der Waals surface area contributed by atoms with Gasteiger partial charge in [0.1, 0.15) is 5.82 Å². The monoisotopic (exact) mass is 179 g/mol. The van der Waals surface area contributed by atoms with Gasteiger partial charge >= 0.3 is 0 Å². The van der Waals surface area contributed by atoms with E-state index in [2.05, 4.69) is 0 Å². The first-order valence-corrected chi connectivity index (χ1v) is 4.23. The molecule has 2 nitrogen and oxygen atoms in total. The van der Waals surface area contributed by atoms with Crippen LogP contribution < -0.4 is 5.73 Å². The highest BCUT2D eigenvalue weighted by molar-refractivity contribution is 5.81. The molecule has 1 amide bonds. The van der Waals surface area contributed by atoms with Crippen LogP contribution in [0.2, 0.25) is 0 Å². The number of halogens is 1. The topological polar surface area (TPSA) is 43.1 Å². The van der Waals surface area contributed by atoms with Crippen LogP contribution in [0.5, 0.6) is 0 Å². The lowest BCUT2D eigenvalue weighted by Crippen LogP contribution is -2.13. The third-order valence-electron chi connectivity index (χ3n) is 2.45. The predicted molar refractivity (Wildman–Crippen MR) is 46.4 cm³/mol. The molecule has 2 atom stereocenters. The van der Waals surface area contributed by atoms with Gasteiger partial charge in [0.15, 0.2) is 0 Å². The van der Waals surface area contributed by atoms with E-state index in [-0.39, 0.29) is 23.6 Å². The lowest BCUT2D eigenvalue weighted by atomic mass is 10.1. The Morgan fingerprint density at radius 2 is 2.00 bits per heavy atom. The lowest BCUT2D eigenvalue weighted by molar-refractivity contribution is -0.119. The van der Waals surface area contributed by atoms with E-state index in [0.29, 0.717) is 0 Å². The summed E-state index contributed by atoms with van der Waals surface area (Å²) in [6, 6.07) is 6.24. The van der Waals surface area contributed by atoms with Crippen LogP contribution in [0.15, 0.2) is 24.3 Å². The molecule has 3 heteroatoms. The van der Waals surface area contributed by atoms with Crippen LogP contribution >= 0.6 is 0 Å². The number of hydrogen-bond acceptors (Lipinski definition) is 1. The molecule has 13 heavy (non-hydrogen) atoms. The molecule has 2 unspecified atom stereocenters. The van der Waals surface area contributed by atoms with E-state index < -0.39 is 0 Å². The third-order valence-corrected chi connectivity index (χ3v) is 2.45. The van der Waals surface area contributed by atoms with Gasteiger partial charge in [-0.15, -0.1) is 0 Å². The first-order chi connectivity index (χ1) is 6.18. The Morgan fingerprint density at radius 1 is 1.38 bits per heavy atom. The largest absolute Gasteiger partial charge is 0.369 e. The summed E-state index contributed by atoms with van der Waals surface area (Å²) in [5.74, 6) is -0.321. The van der Waals surface area contributed by atoms with E-state index in [1.165, 1.54) is 12.1 Å². The second-order valence-corrected chi connectivity index (χ2v) is 3.40. The molecule has 1 fully saturated rings. The Bertz CT molecular complexity index is 333. The molecule has 68 valence electrons. The average molecular weight is 179 g/mol. The number of nitrogens with two attached hydrogens (primary N) is 1. The fourth-order valence-corrected chi connectivity index (χ4v) is 1.59. The van der Waals surface area contributed by atoms with Crippen LogP contribution in [0.1, 0.15) is 17.9 Å². The first kappa shape index (κ1) is 8.23. The van der Waals surface area contributed by atoms with Gasteiger partial charge in [-0.2, -0.15) is 0 Å². The predicted octanol–water partition coefficient (Wildman–Crippen LogP) is 1.41. The Kier molecular flexibility index (Phi) is 1.79. The molecule has 1 aliphatic carbocycles. The van der Waals surface area contributed by atoms with Crippen molar-refractivity contribution in [3.8, 4) is 0 Å². The fourth-order valence-electron chi connectivity index (χ4n) is 1.59. The maximum atomic E-state index is 12.5. The highest BCUT2D eigenvalue weighted by Gasteiger charge is 2.42. The maximum absolute atomic E-state index is 12.5. The molecule has 0 bridgehead atoms. The van der Waals surface area contributed by atoms with Crippen LogP contribution in [-0.2, 0) is 4.79 Å². The standard InChI is InChI=1S/C10H10FNO/c11-7-3-1-6(2-4-7)8-5-9(8)10(12)13/h1-4,8-9H,5H2,(H2,12,13). The van der Waals surface area contributed by atoms with Crippen LogP contribution in [0.25, 0.3) is 0 Å². The summed E-state index contributed by atoms with van der Waals surface area (Å²) in [6.07, 6.45) is 0.807. The van der Waals surface area contributed by atoms with Crippen molar-refractivity contribution >= 4 is 5.91 Å². The van der Waals surface area contributed by atoms with E-state index in [4.69, 9.17) is 5.73 Å². The average Bonchev–Trinajstić information content (AvgIpc) is 2.85. The molecule has 0 aliphatic heterocycles. The highest BCUT2D eigenvalue weighted by Crippen LogP contribution is 2.46. The summed E-state index contributed by atoms with van der Waals surface area (Å²) in [5, 5.41) is 0. The molecule has 1 aromatic carbocycles. The number of primary amides is 1. The smallest absolute Gasteiger partial charge is 0.221 e. The van der Waals surface area contributed by atoms with Crippen LogP contribution in [0.3, 0.4) is 0 Å². The fraction of sp³-hybridized carbons (Fsp3) is 0.300. The Balaban J connectivity index is 2.12. The van der Waals surface area contributed by atoms with Gasteiger partial charge in [-0.3, -0.25) is 4.79 Å². The molecule has 0 heterocycles. The minimum atomic E-state index is -0.255. The Labute approximate surface area is 75.6 Å². The number of carbonyl (C=O) groups is 1. The molecule has 0 saturated heterocycles. The Hall–Kier alpha value is -1.38. The molecule has 1 saturated carbocycles. The number of carbonyl (C=O) groups excluding carboxylic acids is 1. The second kappa shape index (κ2) is 2.83. The van der Waals surface area contributed by atoms with Crippen molar-refractivity contribution in [2.75, 3.05) is 0 Å². The summed E-state index contributed by atoms with van der Waals surface area (Å²) in [4.78, 5) is 10.8. The third kappa shape index (κ3) is 1.54. The van der Waals surface area contributed by atoms with Gasteiger partial charge < -0.3 is 5.73 Å². The van der Waals surface area contributed by atoms with Crippen molar-refractivity contribution in [1.82, 2.24) is 0 Å². The van der Waals surface area contributed by atoms with Gasteiger partial charge in [0.05, 0.1) is 0 Å². The Morgan fingerprint density at radius 3 is 2.46 bits per heavy atom. The molecule has 0 spiro atoms. The van der Waals surface area contributed by atoms with Gasteiger partial charge in [-0.25, -0.2) is 4.39 Å². The van der Waals surface area contributed by atoms with Gasteiger partial charge in [0.25, 0.3) is 0 Å². The van der Waals surface area contributed by atoms with E-state index in [1.54, 1.807) is 12.1 Å². The van der Waals surface area contributed by atoms with Crippen LogP contribution in [-0.4, -0.2) is 5.91 Å². The minimum Gasteiger partial charge on any atom is -0.369 e. The number of amides is 1. The molecule has 1 aromatic rings. The van der Waals surface area contributed by atoms with Crippen LogP contribution in [0.4, 0.5) is 4.39 Å². The molecular weight excluding hydrogens is 169 g/mol. The number of benzene rings is 1. The second-order valence-electron chi connectivity index (χ2n) is 3.40. The van der Waals surface area contributed by atoms with E-state index in [9.17, 15) is 9.18 Å². The highest BCUT2D eigenvalue weighted by atomic mass is 19.1. The number of hydrogen-bond donors (Lipinski definition) is 1. The van der Waals surface area contributed by atoms with Crippen molar-refractivity contribution < 1.29 is 9.18 Å². The first-order valence-electron chi connectivity index (χ1n) is 4.23. The van der Waals surface area contributed by atoms with E-state index in [1.807, 2.05) is 0 Å². The maximum Gasteiger partial charge on any atom is 0.221 e. The van der Waals surface area contributed by atoms with Crippen molar-refractivity contribution in [2.24, 2.45) is 11.7 Å². The summed E-state index contributed by atoms with van der Waals surface area (Å²) in [5.41, 5.74) is 6.15. The van der Waals surface area contributed by atoms with Crippen molar-refractivity contribution in [3.05, 3.63) is 35.6 Å². The molecule has 0 radical (unpaired) electrons. The summed E-state index contributed by atoms with van der Waals surface area (Å²) in [7, 11) is 0. The summed E-state index contributed by atoms with van der Waals surface area (Å²) >= 11 is 0. The molecule has 2 rings (SSSR count). The summed E-state index contributed by atoms with van der Waals surface area (Å²) < 4.78 is 12.5. The van der Waals surface area contributed by atoms with Crippen molar-refractivity contribution in [2.45, 2.75) is 12.3 Å². The normalized spacial score (nSPS) is 25.6. The number of rotatable bonds is 2. The lowest BCUT2D eigenvalue weighted by Gasteiger charge is -1.97. The van der Waals surface area contributed by atoms with E-state index >= 15 is 0 Å². The van der Waals surface area contributed by atoms with Crippen molar-refractivity contribution in [1.29, 1.82) is 0 Å². The zero-order valence-electron chi connectivity index (χ0n) is 7.03. The molecule has 1 aliphatic rings.